The Morgan fingerprint density at radius 1 is 0.329 bits per heavy atom. The van der Waals surface area contributed by atoms with Crippen LogP contribution in [0.25, 0.3) is 77.5 Å². The van der Waals surface area contributed by atoms with Crippen molar-refractivity contribution in [1.82, 2.24) is 0 Å². The Labute approximate surface area is 429 Å². The van der Waals surface area contributed by atoms with Gasteiger partial charge in [0.15, 0.2) is 0 Å². The van der Waals surface area contributed by atoms with E-state index in [-0.39, 0.29) is 10.8 Å². The molecule has 0 amide bonds. The van der Waals surface area contributed by atoms with E-state index in [1.54, 1.807) is 0 Å². The maximum Gasteiger partial charge on any atom is 0.0725 e. The first-order chi connectivity index (χ1) is 35.6. The standard InChI is InChI=1S/C72H55N/c1-70(2,3)51-36-31-46(32-37-51)49-35-41-67(58(43-49)47-19-7-6-8-20-47)73(68-42-34-48-21-9-10-22-53(48)69(68)50-33-39-62-59(44-50)56-25-11-15-27-61(56)71(62,4)5)52-38-40-66-60(45-52)57-26-14-18-30-65(57)72(66)63-28-16-12-23-54(63)55-24-13-17-29-64(55)72/h6-45H,1-5H3. The molecule has 0 fully saturated rings. The molecule has 0 bridgehead atoms. The van der Waals surface area contributed by atoms with E-state index in [0.717, 1.165) is 22.6 Å². The van der Waals surface area contributed by atoms with Crippen LogP contribution in [0.15, 0.2) is 243 Å². The predicted octanol–water partition coefficient (Wildman–Crippen LogP) is 19.3. The van der Waals surface area contributed by atoms with Gasteiger partial charge in [-0.1, -0.05) is 241 Å². The molecule has 3 aliphatic carbocycles. The molecule has 14 rings (SSSR count). The quantitative estimate of drug-likeness (QED) is 0.161. The summed E-state index contributed by atoms with van der Waals surface area (Å²) in [6.07, 6.45) is 0. The zero-order chi connectivity index (χ0) is 49.2. The Bertz CT molecular complexity index is 3990. The molecule has 0 radical (unpaired) electrons. The highest BCUT2D eigenvalue weighted by atomic mass is 15.1. The van der Waals surface area contributed by atoms with Gasteiger partial charge in [-0.25, -0.2) is 0 Å². The van der Waals surface area contributed by atoms with E-state index in [0.29, 0.717) is 0 Å². The van der Waals surface area contributed by atoms with Crippen LogP contribution in [0.1, 0.15) is 73.6 Å². The summed E-state index contributed by atoms with van der Waals surface area (Å²) >= 11 is 0. The monoisotopic (exact) mass is 933 g/mol. The van der Waals surface area contributed by atoms with Crippen LogP contribution in [0.3, 0.4) is 0 Å². The molecule has 0 unspecified atom stereocenters. The lowest BCUT2D eigenvalue weighted by Gasteiger charge is -2.33. The number of rotatable bonds is 6. The Hall–Kier alpha value is -8.52. The third-order valence-corrected chi connectivity index (χ3v) is 16.7. The first-order valence-electron chi connectivity index (χ1n) is 25.9. The van der Waals surface area contributed by atoms with E-state index >= 15 is 0 Å². The Balaban J connectivity index is 1.06. The summed E-state index contributed by atoms with van der Waals surface area (Å²) in [5.41, 5.74) is 27.2. The fourth-order valence-corrected chi connectivity index (χ4v) is 13.2. The van der Waals surface area contributed by atoms with E-state index in [4.69, 9.17) is 0 Å². The molecule has 0 aliphatic heterocycles. The SMILES string of the molecule is CC(C)(C)c1ccc(-c2ccc(N(c3ccc4c(c3)-c3ccccc3C43c4ccccc4-c4ccccc43)c3ccc4ccccc4c3-c3ccc4c(c3)-c3ccccc3C4(C)C)c(-c3ccccc3)c2)cc1. The van der Waals surface area contributed by atoms with Crippen LogP contribution in [0.4, 0.5) is 17.1 Å². The molecule has 0 heterocycles. The van der Waals surface area contributed by atoms with Crippen molar-refractivity contribution in [2.75, 3.05) is 4.90 Å². The molecule has 1 spiro atoms. The van der Waals surface area contributed by atoms with Gasteiger partial charge in [0, 0.05) is 22.2 Å². The highest BCUT2D eigenvalue weighted by Crippen LogP contribution is 2.64. The molecule has 0 saturated carbocycles. The minimum atomic E-state index is -0.440. The summed E-state index contributed by atoms with van der Waals surface area (Å²) < 4.78 is 0. The molecule has 0 aromatic heterocycles. The van der Waals surface area contributed by atoms with E-state index in [1.165, 1.54) is 111 Å². The second-order valence-electron chi connectivity index (χ2n) is 22.0. The van der Waals surface area contributed by atoms with Crippen molar-refractivity contribution in [2.24, 2.45) is 0 Å². The maximum atomic E-state index is 2.58. The lowest BCUT2D eigenvalue weighted by molar-refractivity contribution is 0.590. The predicted molar refractivity (Wildman–Crippen MR) is 308 cm³/mol. The number of hydrogen-bond donors (Lipinski definition) is 0. The summed E-state index contributed by atoms with van der Waals surface area (Å²) in [4.78, 5) is 2.58. The van der Waals surface area contributed by atoms with Gasteiger partial charge in [0.05, 0.1) is 16.8 Å². The van der Waals surface area contributed by atoms with E-state index < -0.39 is 5.41 Å². The van der Waals surface area contributed by atoms with Gasteiger partial charge in [-0.15, -0.1) is 0 Å². The summed E-state index contributed by atoms with van der Waals surface area (Å²) in [5, 5.41) is 2.43. The third kappa shape index (κ3) is 6.34. The number of benzene rings is 11. The van der Waals surface area contributed by atoms with E-state index in [2.05, 4.69) is 282 Å². The molecule has 0 N–H and O–H groups in total. The fourth-order valence-electron chi connectivity index (χ4n) is 13.2. The minimum Gasteiger partial charge on any atom is -0.309 e. The lowest BCUT2D eigenvalue weighted by Crippen LogP contribution is -2.25. The van der Waals surface area contributed by atoms with Gasteiger partial charge in [-0.3, -0.25) is 0 Å². The third-order valence-electron chi connectivity index (χ3n) is 16.7. The number of fused-ring (bicyclic) bond motifs is 14. The zero-order valence-electron chi connectivity index (χ0n) is 42.0. The highest BCUT2D eigenvalue weighted by Gasteiger charge is 2.51. The van der Waals surface area contributed by atoms with Gasteiger partial charge >= 0.3 is 0 Å². The molecule has 0 saturated heterocycles. The zero-order valence-corrected chi connectivity index (χ0v) is 42.0. The van der Waals surface area contributed by atoms with E-state index in [1.807, 2.05) is 0 Å². The van der Waals surface area contributed by atoms with Crippen LogP contribution in [0.2, 0.25) is 0 Å². The first-order valence-corrected chi connectivity index (χ1v) is 25.9. The first kappa shape index (κ1) is 43.3. The molecule has 0 atom stereocenters. The van der Waals surface area contributed by atoms with Crippen LogP contribution in [0, 0.1) is 0 Å². The second kappa shape index (κ2) is 16.0. The van der Waals surface area contributed by atoms with Crippen molar-refractivity contribution in [2.45, 2.75) is 50.9 Å². The molecular weight excluding hydrogens is 879 g/mol. The van der Waals surface area contributed by atoms with Crippen LogP contribution in [-0.4, -0.2) is 0 Å². The van der Waals surface area contributed by atoms with Gasteiger partial charge in [0.25, 0.3) is 0 Å². The smallest absolute Gasteiger partial charge is 0.0725 e. The lowest BCUT2D eigenvalue weighted by atomic mass is 9.70. The topological polar surface area (TPSA) is 3.24 Å². The fraction of sp³-hybridized carbons (Fsp3) is 0.111. The molecule has 1 heteroatoms. The molecule has 11 aromatic rings. The summed E-state index contributed by atoms with van der Waals surface area (Å²) in [6, 6.07) is 91.9. The van der Waals surface area contributed by atoms with Crippen molar-refractivity contribution in [3.05, 3.63) is 282 Å². The second-order valence-corrected chi connectivity index (χ2v) is 22.0. The Kier molecular flexibility index (Phi) is 9.48. The molecular formula is C72H55N. The van der Waals surface area contributed by atoms with Crippen LogP contribution in [-0.2, 0) is 16.2 Å². The van der Waals surface area contributed by atoms with Gasteiger partial charge in [-0.2, -0.15) is 0 Å². The van der Waals surface area contributed by atoms with Gasteiger partial charge < -0.3 is 4.90 Å². The van der Waals surface area contributed by atoms with Crippen molar-refractivity contribution in [3.8, 4) is 66.8 Å². The van der Waals surface area contributed by atoms with Crippen molar-refractivity contribution < 1.29 is 0 Å². The molecule has 73 heavy (non-hydrogen) atoms. The van der Waals surface area contributed by atoms with Gasteiger partial charge in [0.1, 0.15) is 0 Å². The largest absolute Gasteiger partial charge is 0.309 e. The van der Waals surface area contributed by atoms with Crippen LogP contribution in [0.5, 0.6) is 0 Å². The number of anilines is 3. The minimum absolute atomic E-state index is 0.0641. The summed E-state index contributed by atoms with van der Waals surface area (Å²) in [6.45, 7) is 11.6. The number of hydrogen-bond acceptors (Lipinski definition) is 1. The highest BCUT2D eigenvalue weighted by molar-refractivity contribution is 6.08. The average Bonchev–Trinajstić information content (AvgIpc) is 3.99. The maximum absolute atomic E-state index is 2.58. The van der Waals surface area contributed by atoms with Gasteiger partial charge in [0.2, 0.25) is 0 Å². The average molecular weight is 934 g/mol. The Morgan fingerprint density at radius 3 is 1.48 bits per heavy atom. The molecule has 3 aliphatic rings. The van der Waals surface area contributed by atoms with Crippen molar-refractivity contribution >= 4 is 27.8 Å². The summed E-state index contributed by atoms with van der Waals surface area (Å²) in [5.74, 6) is 0. The van der Waals surface area contributed by atoms with E-state index in [9.17, 15) is 0 Å². The van der Waals surface area contributed by atoms with Gasteiger partial charge in [-0.05, 0) is 147 Å². The van der Waals surface area contributed by atoms with Crippen LogP contribution >= 0.6 is 0 Å². The molecule has 11 aromatic carbocycles. The van der Waals surface area contributed by atoms with Crippen LogP contribution < -0.4 is 4.90 Å². The Morgan fingerprint density at radius 2 is 0.808 bits per heavy atom. The van der Waals surface area contributed by atoms with Crippen molar-refractivity contribution in [3.63, 3.8) is 0 Å². The number of nitrogens with zero attached hydrogens (tertiary/aromatic N) is 1. The summed E-state index contributed by atoms with van der Waals surface area (Å²) in [7, 11) is 0. The normalized spacial score (nSPS) is 14.0. The molecule has 1 nitrogen and oxygen atoms in total. The molecule has 348 valence electrons. The van der Waals surface area contributed by atoms with Crippen molar-refractivity contribution in [1.29, 1.82) is 0 Å².